The predicted octanol–water partition coefficient (Wildman–Crippen LogP) is 2.31. The van der Waals surface area contributed by atoms with Crippen LogP contribution in [0, 0.1) is 0 Å². The van der Waals surface area contributed by atoms with Gasteiger partial charge in [-0.25, -0.2) is 4.79 Å². The second-order valence-corrected chi connectivity index (χ2v) is 4.76. The van der Waals surface area contributed by atoms with E-state index in [1.54, 1.807) is 24.3 Å². The molecule has 1 amide bonds. The van der Waals surface area contributed by atoms with Crippen LogP contribution in [0.4, 0.5) is 0 Å². The highest BCUT2D eigenvalue weighted by atomic mass is 16.5. The van der Waals surface area contributed by atoms with Crippen molar-refractivity contribution >= 4 is 11.9 Å². The third-order valence-corrected chi connectivity index (χ3v) is 3.19. The lowest BCUT2D eigenvalue weighted by atomic mass is 9.99. The molecule has 0 aliphatic heterocycles. The highest BCUT2D eigenvalue weighted by Crippen LogP contribution is 2.24. The predicted molar refractivity (Wildman–Crippen MR) is 82.6 cm³/mol. The number of methoxy groups -OCH3 is 1. The van der Waals surface area contributed by atoms with Crippen LogP contribution in [-0.2, 0) is 16.1 Å². The number of nitrogens with one attached hydrogen (secondary N) is 1. The van der Waals surface area contributed by atoms with Gasteiger partial charge in [0.15, 0.2) is 0 Å². The molecule has 0 unspecified atom stereocenters. The van der Waals surface area contributed by atoms with E-state index in [1.165, 1.54) is 7.11 Å². The average Bonchev–Trinajstić information content (AvgIpc) is 2.54. The minimum Gasteiger partial charge on any atom is -0.478 e. The molecule has 2 N–H and O–H groups in total. The Morgan fingerprint density at radius 1 is 1.09 bits per heavy atom. The Hall–Kier alpha value is -2.66. The van der Waals surface area contributed by atoms with Gasteiger partial charge in [0, 0.05) is 13.7 Å². The maximum atomic E-state index is 11.3. The van der Waals surface area contributed by atoms with Crippen LogP contribution in [0.5, 0.6) is 0 Å². The maximum absolute atomic E-state index is 11.3. The van der Waals surface area contributed by atoms with Crippen LogP contribution in [0.3, 0.4) is 0 Å². The van der Waals surface area contributed by atoms with Crippen LogP contribution >= 0.6 is 0 Å². The first-order chi connectivity index (χ1) is 10.6. The van der Waals surface area contributed by atoms with E-state index >= 15 is 0 Å². The van der Waals surface area contributed by atoms with Gasteiger partial charge in [0.05, 0.1) is 5.56 Å². The highest BCUT2D eigenvalue weighted by Gasteiger charge is 2.10. The molecule has 0 atom stereocenters. The first-order valence-electron chi connectivity index (χ1n) is 6.79. The molecule has 2 aromatic carbocycles. The Morgan fingerprint density at radius 2 is 1.77 bits per heavy atom. The number of hydrogen-bond acceptors (Lipinski definition) is 3. The van der Waals surface area contributed by atoms with Gasteiger partial charge in [0.1, 0.15) is 6.61 Å². The molecule has 5 nitrogen and oxygen atoms in total. The van der Waals surface area contributed by atoms with E-state index in [4.69, 9.17) is 4.74 Å². The Morgan fingerprint density at radius 3 is 2.41 bits per heavy atom. The molecule has 0 aliphatic carbocycles. The van der Waals surface area contributed by atoms with Crippen LogP contribution < -0.4 is 5.32 Å². The van der Waals surface area contributed by atoms with Gasteiger partial charge in [-0.2, -0.15) is 0 Å². The molecular formula is C17H17NO4. The molecule has 22 heavy (non-hydrogen) atoms. The molecule has 2 rings (SSSR count). The smallest absolute Gasteiger partial charge is 0.336 e. The van der Waals surface area contributed by atoms with Crippen molar-refractivity contribution in [1.82, 2.24) is 5.32 Å². The summed E-state index contributed by atoms with van der Waals surface area (Å²) >= 11 is 0. The third kappa shape index (κ3) is 3.93. The van der Waals surface area contributed by atoms with Crippen molar-refractivity contribution in [3.8, 4) is 11.1 Å². The Bertz CT molecular complexity index is 665. The van der Waals surface area contributed by atoms with E-state index in [0.29, 0.717) is 12.1 Å². The molecule has 5 heteroatoms. The molecule has 0 saturated carbocycles. The van der Waals surface area contributed by atoms with E-state index < -0.39 is 5.97 Å². The van der Waals surface area contributed by atoms with Gasteiger partial charge >= 0.3 is 5.97 Å². The lowest BCUT2D eigenvalue weighted by Gasteiger charge is -2.08. The van der Waals surface area contributed by atoms with Crippen molar-refractivity contribution in [1.29, 1.82) is 0 Å². The van der Waals surface area contributed by atoms with Gasteiger partial charge in [-0.15, -0.1) is 0 Å². The maximum Gasteiger partial charge on any atom is 0.336 e. The van der Waals surface area contributed by atoms with Crippen molar-refractivity contribution in [2.75, 3.05) is 13.7 Å². The SMILES string of the molecule is COCC(=O)NCc1ccc(-c2ccccc2C(=O)O)cc1. The highest BCUT2D eigenvalue weighted by molar-refractivity contribution is 5.95. The number of carbonyl (C=O) groups excluding carboxylic acids is 1. The zero-order chi connectivity index (χ0) is 15.9. The summed E-state index contributed by atoms with van der Waals surface area (Å²) in [5, 5.41) is 11.9. The largest absolute Gasteiger partial charge is 0.478 e. The van der Waals surface area contributed by atoms with Gasteiger partial charge in [-0.1, -0.05) is 42.5 Å². The van der Waals surface area contributed by atoms with E-state index in [0.717, 1.165) is 11.1 Å². The molecule has 0 radical (unpaired) electrons. The first kappa shape index (κ1) is 15.7. The number of carboxylic acids is 1. The number of carboxylic acid groups (broad SMARTS) is 1. The van der Waals surface area contributed by atoms with Crippen LogP contribution in [0.1, 0.15) is 15.9 Å². The van der Waals surface area contributed by atoms with Gasteiger partial charge in [0.2, 0.25) is 5.91 Å². The van der Waals surface area contributed by atoms with Crippen molar-refractivity contribution in [2.45, 2.75) is 6.54 Å². The minimum absolute atomic E-state index is 0.0318. The molecule has 0 aliphatic rings. The molecule has 0 saturated heterocycles. The number of rotatable bonds is 6. The molecule has 2 aromatic rings. The standard InChI is InChI=1S/C17H17NO4/c1-22-11-16(19)18-10-12-6-8-13(9-7-12)14-4-2-3-5-15(14)17(20)21/h2-9H,10-11H2,1H3,(H,18,19)(H,20,21). The monoisotopic (exact) mass is 299 g/mol. The molecule has 0 fully saturated rings. The zero-order valence-electron chi connectivity index (χ0n) is 12.2. The van der Waals surface area contributed by atoms with Crippen LogP contribution in [-0.4, -0.2) is 30.7 Å². The average molecular weight is 299 g/mol. The van der Waals surface area contributed by atoms with Gasteiger partial charge in [0.25, 0.3) is 0 Å². The third-order valence-electron chi connectivity index (χ3n) is 3.19. The molecule has 0 aromatic heterocycles. The van der Waals surface area contributed by atoms with E-state index in [2.05, 4.69) is 5.32 Å². The fraction of sp³-hybridized carbons (Fsp3) is 0.176. The molecule has 0 bridgehead atoms. The summed E-state index contributed by atoms with van der Waals surface area (Å²) < 4.78 is 4.74. The van der Waals surface area contributed by atoms with Gasteiger partial charge in [-0.3, -0.25) is 4.79 Å². The number of amides is 1. The topological polar surface area (TPSA) is 75.6 Å². The fourth-order valence-electron chi connectivity index (χ4n) is 2.11. The number of benzene rings is 2. The molecule has 114 valence electrons. The van der Waals surface area contributed by atoms with Crippen molar-refractivity contribution in [2.24, 2.45) is 0 Å². The molecule has 0 spiro atoms. The molecule has 0 heterocycles. The fourth-order valence-corrected chi connectivity index (χ4v) is 2.11. The normalized spacial score (nSPS) is 10.2. The molecular weight excluding hydrogens is 282 g/mol. The summed E-state index contributed by atoms with van der Waals surface area (Å²) in [7, 11) is 1.47. The number of carbonyl (C=O) groups is 2. The quantitative estimate of drug-likeness (QED) is 0.858. The Labute approximate surface area is 128 Å². The summed E-state index contributed by atoms with van der Waals surface area (Å²) in [5.41, 5.74) is 2.69. The second-order valence-electron chi connectivity index (χ2n) is 4.76. The van der Waals surface area contributed by atoms with Gasteiger partial charge < -0.3 is 15.2 Å². The number of ether oxygens (including phenoxy) is 1. The lowest BCUT2D eigenvalue weighted by Crippen LogP contribution is -2.26. The van der Waals surface area contributed by atoms with Crippen LogP contribution in [0.2, 0.25) is 0 Å². The zero-order valence-corrected chi connectivity index (χ0v) is 12.2. The summed E-state index contributed by atoms with van der Waals surface area (Å²) in [6.45, 7) is 0.438. The Balaban J connectivity index is 2.12. The van der Waals surface area contributed by atoms with Crippen molar-refractivity contribution in [3.63, 3.8) is 0 Å². The lowest BCUT2D eigenvalue weighted by molar-refractivity contribution is -0.124. The Kier molecular flexibility index (Phi) is 5.27. The van der Waals surface area contributed by atoms with E-state index in [9.17, 15) is 14.7 Å². The van der Waals surface area contributed by atoms with Crippen LogP contribution in [0.15, 0.2) is 48.5 Å². The van der Waals surface area contributed by atoms with E-state index in [1.807, 2.05) is 24.3 Å². The first-order valence-corrected chi connectivity index (χ1v) is 6.79. The number of aromatic carboxylic acids is 1. The summed E-state index contributed by atoms with van der Waals surface area (Å²) in [6.07, 6.45) is 0. The summed E-state index contributed by atoms with van der Waals surface area (Å²) in [6, 6.07) is 14.3. The van der Waals surface area contributed by atoms with Crippen molar-refractivity contribution < 1.29 is 19.4 Å². The van der Waals surface area contributed by atoms with Crippen LogP contribution in [0.25, 0.3) is 11.1 Å². The second kappa shape index (κ2) is 7.38. The summed E-state index contributed by atoms with van der Waals surface area (Å²) in [5.74, 6) is -1.13. The summed E-state index contributed by atoms with van der Waals surface area (Å²) in [4.78, 5) is 22.6. The van der Waals surface area contributed by atoms with Crippen molar-refractivity contribution in [3.05, 3.63) is 59.7 Å². The number of hydrogen-bond donors (Lipinski definition) is 2. The van der Waals surface area contributed by atoms with Gasteiger partial charge in [-0.05, 0) is 22.8 Å². The minimum atomic E-state index is -0.952. The van der Waals surface area contributed by atoms with E-state index in [-0.39, 0.29) is 18.1 Å².